The number of hydrogen-bond acceptors (Lipinski definition) is 5. The first kappa shape index (κ1) is 16.9. The Kier molecular flexibility index (Phi) is 4.35. The molecule has 1 fully saturated rings. The van der Waals surface area contributed by atoms with Crippen molar-refractivity contribution in [3.8, 4) is 23.3 Å². The van der Waals surface area contributed by atoms with E-state index in [0.29, 0.717) is 22.9 Å². The maximum atomic E-state index is 12.9. The van der Waals surface area contributed by atoms with Crippen LogP contribution >= 0.6 is 0 Å². The van der Waals surface area contributed by atoms with E-state index < -0.39 is 5.97 Å². The Labute approximate surface area is 156 Å². The summed E-state index contributed by atoms with van der Waals surface area (Å²) in [6.45, 7) is 0. The molecule has 0 atom stereocenters. The summed E-state index contributed by atoms with van der Waals surface area (Å²) in [4.78, 5) is 12.9. The van der Waals surface area contributed by atoms with Gasteiger partial charge in [0.1, 0.15) is 0 Å². The van der Waals surface area contributed by atoms with Gasteiger partial charge in [-0.05, 0) is 43.2 Å². The average Bonchev–Trinajstić information content (AvgIpc) is 3.47. The number of ether oxygens (including phenoxy) is 2. The number of methoxy groups -OCH3 is 1. The van der Waals surface area contributed by atoms with Crippen LogP contribution in [0, 0.1) is 11.3 Å². The first-order chi connectivity index (χ1) is 13.2. The molecule has 2 aromatic carbocycles. The summed E-state index contributed by atoms with van der Waals surface area (Å²) in [6.07, 6.45) is 2.17. The SMILES string of the molecule is COc1cc(C#N)ccc1OC(=O)c1cc(C2CC2)nn1-c1ccccc1. The fourth-order valence-electron chi connectivity index (χ4n) is 2.86. The molecule has 1 aromatic heterocycles. The molecule has 1 aliphatic carbocycles. The first-order valence-corrected chi connectivity index (χ1v) is 8.65. The zero-order valence-corrected chi connectivity index (χ0v) is 14.8. The number of benzene rings is 2. The molecule has 6 nitrogen and oxygen atoms in total. The molecule has 0 amide bonds. The summed E-state index contributed by atoms with van der Waals surface area (Å²) in [5.74, 6) is 0.470. The van der Waals surface area contributed by atoms with E-state index in [0.717, 1.165) is 24.2 Å². The highest BCUT2D eigenvalue weighted by molar-refractivity contribution is 5.90. The Bertz CT molecular complexity index is 1030. The highest BCUT2D eigenvalue weighted by Gasteiger charge is 2.29. The molecule has 0 saturated heterocycles. The maximum Gasteiger partial charge on any atom is 0.362 e. The maximum absolute atomic E-state index is 12.9. The highest BCUT2D eigenvalue weighted by atomic mass is 16.6. The lowest BCUT2D eigenvalue weighted by atomic mass is 10.2. The van der Waals surface area contributed by atoms with E-state index in [1.807, 2.05) is 36.4 Å². The number of nitrogens with zero attached hydrogens (tertiary/aromatic N) is 3. The van der Waals surface area contributed by atoms with Crippen LogP contribution in [0.3, 0.4) is 0 Å². The van der Waals surface area contributed by atoms with Crippen LogP contribution in [0.15, 0.2) is 54.6 Å². The smallest absolute Gasteiger partial charge is 0.362 e. The first-order valence-electron chi connectivity index (χ1n) is 8.65. The van der Waals surface area contributed by atoms with Crippen LogP contribution in [0.4, 0.5) is 0 Å². The van der Waals surface area contributed by atoms with Gasteiger partial charge in [0.25, 0.3) is 0 Å². The van der Waals surface area contributed by atoms with Gasteiger partial charge in [0, 0.05) is 12.0 Å². The van der Waals surface area contributed by atoms with Crippen LogP contribution < -0.4 is 9.47 Å². The third kappa shape index (κ3) is 3.40. The van der Waals surface area contributed by atoms with Crippen LogP contribution in [0.1, 0.15) is 40.5 Å². The number of hydrogen-bond donors (Lipinski definition) is 0. The molecule has 4 rings (SSSR count). The Morgan fingerprint density at radius 2 is 1.93 bits per heavy atom. The van der Waals surface area contributed by atoms with Gasteiger partial charge in [-0.25, -0.2) is 9.48 Å². The van der Waals surface area contributed by atoms with Crippen LogP contribution in [-0.2, 0) is 0 Å². The summed E-state index contributed by atoms with van der Waals surface area (Å²) in [5, 5.41) is 13.6. The molecule has 27 heavy (non-hydrogen) atoms. The molecule has 1 aliphatic rings. The summed E-state index contributed by atoms with van der Waals surface area (Å²) >= 11 is 0. The Morgan fingerprint density at radius 3 is 2.59 bits per heavy atom. The van der Waals surface area contributed by atoms with Crippen molar-refractivity contribution >= 4 is 5.97 Å². The van der Waals surface area contributed by atoms with Crippen molar-refractivity contribution in [1.82, 2.24) is 9.78 Å². The van der Waals surface area contributed by atoms with E-state index in [4.69, 9.17) is 14.7 Å². The van der Waals surface area contributed by atoms with Gasteiger partial charge in [0.15, 0.2) is 17.2 Å². The number of nitriles is 1. The molecule has 134 valence electrons. The third-order valence-corrected chi connectivity index (χ3v) is 4.43. The molecule has 0 unspecified atom stereocenters. The highest BCUT2D eigenvalue weighted by Crippen LogP contribution is 2.40. The summed E-state index contributed by atoms with van der Waals surface area (Å²) in [7, 11) is 1.47. The summed E-state index contributed by atoms with van der Waals surface area (Å²) in [5.41, 5.74) is 2.48. The van der Waals surface area contributed by atoms with Gasteiger partial charge in [-0.2, -0.15) is 10.4 Å². The van der Waals surface area contributed by atoms with Crippen molar-refractivity contribution in [2.45, 2.75) is 18.8 Å². The number of aromatic nitrogens is 2. The third-order valence-electron chi connectivity index (χ3n) is 4.43. The van der Waals surface area contributed by atoms with Crippen molar-refractivity contribution in [1.29, 1.82) is 5.26 Å². The van der Waals surface area contributed by atoms with Crippen LogP contribution in [0.2, 0.25) is 0 Å². The molecule has 1 heterocycles. The quantitative estimate of drug-likeness (QED) is 0.511. The molecule has 0 bridgehead atoms. The van der Waals surface area contributed by atoms with Crippen molar-refractivity contribution in [2.24, 2.45) is 0 Å². The lowest BCUT2D eigenvalue weighted by Crippen LogP contribution is -2.15. The molecular formula is C21H17N3O3. The van der Waals surface area contributed by atoms with Crippen LogP contribution in [-0.4, -0.2) is 22.9 Å². The van der Waals surface area contributed by atoms with Crippen molar-refractivity contribution < 1.29 is 14.3 Å². The Morgan fingerprint density at radius 1 is 1.15 bits per heavy atom. The monoisotopic (exact) mass is 359 g/mol. The van der Waals surface area contributed by atoms with Gasteiger partial charge in [0.2, 0.25) is 0 Å². The minimum atomic E-state index is -0.527. The molecule has 3 aromatic rings. The fourth-order valence-corrected chi connectivity index (χ4v) is 2.86. The molecule has 1 saturated carbocycles. The van der Waals surface area contributed by atoms with E-state index in [-0.39, 0.29) is 5.75 Å². The Balaban J connectivity index is 1.69. The van der Waals surface area contributed by atoms with Crippen LogP contribution in [0.25, 0.3) is 5.69 Å². The van der Waals surface area contributed by atoms with Crippen LogP contribution in [0.5, 0.6) is 11.5 Å². The van der Waals surface area contributed by atoms with Crippen molar-refractivity contribution in [2.75, 3.05) is 7.11 Å². The topological polar surface area (TPSA) is 77.1 Å². The minimum absolute atomic E-state index is 0.260. The van der Waals surface area contributed by atoms with E-state index in [9.17, 15) is 4.79 Å². The van der Waals surface area contributed by atoms with Gasteiger partial charge in [0.05, 0.1) is 30.1 Å². The lowest BCUT2D eigenvalue weighted by Gasteiger charge is -2.10. The van der Waals surface area contributed by atoms with Gasteiger partial charge in [-0.3, -0.25) is 0 Å². The fraction of sp³-hybridized carbons (Fsp3) is 0.190. The largest absolute Gasteiger partial charge is 0.493 e. The predicted octanol–water partition coefficient (Wildman–Crippen LogP) is 3.85. The number of para-hydroxylation sites is 1. The van der Waals surface area contributed by atoms with E-state index in [1.165, 1.54) is 13.2 Å². The van der Waals surface area contributed by atoms with E-state index in [1.54, 1.807) is 22.9 Å². The van der Waals surface area contributed by atoms with E-state index >= 15 is 0 Å². The molecular weight excluding hydrogens is 342 g/mol. The van der Waals surface area contributed by atoms with Gasteiger partial charge >= 0.3 is 5.97 Å². The molecule has 0 N–H and O–H groups in total. The molecule has 0 aliphatic heterocycles. The predicted molar refractivity (Wildman–Crippen MR) is 98.2 cm³/mol. The number of carbonyl (C=O) groups excluding carboxylic acids is 1. The summed E-state index contributed by atoms with van der Waals surface area (Å²) < 4.78 is 12.4. The second-order valence-electron chi connectivity index (χ2n) is 6.34. The molecule has 0 spiro atoms. The number of carbonyl (C=O) groups is 1. The number of rotatable bonds is 5. The molecule has 0 radical (unpaired) electrons. The van der Waals surface area contributed by atoms with Gasteiger partial charge < -0.3 is 9.47 Å². The minimum Gasteiger partial charge on any atom is -0.493 e. The standard InChI is InChI=1S/C21H17N3O3/c1-26-20-11-14(13-22)7-10-19(20)27-21(25)18-12-17(15-8-9-15)23-24(18)16-5-3-2-4-6-16/h2-7,10-12,15H,8-9H2,1H3. The van der Waals surface area contributed by atoms with Crippen molar-refractivity contribution in [3.05, 3.63) is 71.5 Å². The Hall–Kier alpha value is -3.59. The second-order valence-corrected chi connectivity index (χ2v) is 6.34. The second kappa shape index (κ2) is 6.96. The molecule has 6 heteroatoms. The zero-order chi connectivity index (χ0) is 18.8. The van der Waals surface area contributed by atoms with Gasteiger partial charge in [-0.15, -0.1) is 0 Å². The van der Waals surface area contributed by atoms with E-state index in [2.05, 4.69) is 5.10 Å². The lowest BCUT2D eigenvalue weighted by molar-refractivity contribution is 0.0720. The zero-order valence-electron chi connectivity index (χ0n) is 14.8. The van der Waals surface area contributed by atoms with Gasteiger partial charge in [-0.1, -0.05) is 18.2 Å². The van der Waals surface area contributed by atoms with Crippen molar-refractivity contribution in [3.63, 3.8) is 0 Å². The average molecular weight is 359 g/mol. The normalized spacial score (nSPS) is 13.0. The number of esters is 1. The summed E-state index contributed by atoms with van der Waals surface area (Å²) in [6, 6.07) is 18.0.